The molecule has 0 unspecified atom stereocenters. The van der Waals surface area contributed by atoms with E-state index in [1.165, 1.54) is 5.06 Å². The molecule has 0 spiro atoms. The maximum absolute atomic E-state index is 13.0. The van der Waals surface area contributed by atoms with Gasteiger partial charge in [-0.25, -0.2) is 10.2 Å². The summed E-state index contributed by atoms with van der Waals surface area (Å²) in [5.41, 5.74) is -0.820. The molecule has 1 saturated heterocycles. The van der Waals surface area contributed by atoms with E-state index in [1.807, 2.05) is 41.5 Å². The third kappa shape index (κ3) is 5.29. The zero-order valence-corrected chi connectivity index (χ0v) is 15.9. The molecule has 7 heteroatoms. The number of hydrogen-bond acceptors (Lipinski definition) is 4. The van der Waals surface area contributed by atoms with Crippen molar-refractivity contribution in [2.45, 2.75) is 84.4 Å². The number of rotatable bonds is 8. The minimum Gasteiger partial charge on any atom is -0.313 e. The number of hydrogen-bond donors (Lipinski definition) is 3. The van der Waals surface area contributed by atoms with Crippen LogP contribution in [0.15, 0.2) is 0 Å². The molecule has 1 fully saturated rings. The molecule has 0 radical (unpaired) electrons. The van der Waals surface area contributed by atoms with Crippen molar-refractivity contribution in [3.8, 4) is 0 Å². The molecule has 0 aromatic heterocycles. The lowest BCUT2D eigenvalue weighted by Crippen LogP contribution is -2.60. The van der Waals surface area contributed by atoms with Crippen molar-refractivity contribution in [1.82, 2.24) is 15.2 Å². The quantitative estimate of drug-likeness (QED) is 0.589. The fourth-order valence-electron chi connectivity index (χ4n) is 3.11. The first kappa shape index (κ1) is 20.1. The summed E-state index contributed by atoms with van der Waals surface area (Å²) in [5.74, 6) is 0. The largest absolute Gasteiger partial charge is 0.341 e. The zero-order valence-electron chi connectivity index (χ0n) is 15.0. The average Bonchev–Trinajstić information content (AvgIpc) is 2.40. The Morgan fingerprint density at radius 1 is 1.09 bits per heavy atom. The SMILES string of the molecule is CCCNP(=O)(NCCC)OC1CC(C)(C)N(O)C(C)(C)C1. The van der Waals surface area contributed by atoms with E-state index in [-0.39, 0.29) is 6.10 Å². The molecule has 0 aromatic carbocycles. The van der Waals surface area contributed by atoms with Gasteiger partial charge in [-0.3, -0.25) is 4.57 Å². The van der Waals surface area contributed by atoms with Crippen molar-refractivity contribution in [3.63, 3.8) is 0 Å². The second-order valence-corrected chi connectivity index (χ2v) is 9.39. The van der Waals surface area contributed by atoms with Crippen LogP contribution in [0.25, 0.3) is 0 Å². The number of nitrogens with one attached hydrogen (secondary N) is 2. The Hall–Kier alpha value is 0.0300. The maximum atomic E-state index is 13.0. The van der Waals surface area contributed by atoms with Crippen LogP contribution in [0.1, 0.15) is 67.2 Å². The molecule has 0 aliphatic carbocycles. The van der Waals surface area contributed by atoms with Gasteiger partial charge in [0.05, 0.1) is 6.10 Å². The van der Waals surface area contributed by atoms with E-state index >= 15 is 0 Å². The van der Waals surface area contributed by atoms with Crippen molar-refractivity contribution in [2.24, 2.45) is 0 Å². The molecular formula is C15H34N3O3P. The Morgan fingerprint density at radius 3 is 1.86 bits per heavy atom. The molecule has 0 amide bonds. The molecule has 6 nitrogen and oxygen atoms in total. The lowest BCUT2D eigenvalue weighted by Gasteiger charge is -2.51. The number of hydroxylamine groups is 2. The van der Waals surface area contributed by atoms with Gasteiger partial charge in [0.2, 0.25) is 0 Å². The lowest BCUT2D eigenvalue weighted by molar-refractivity contribution is -0.255. The minimum atomic E-state index is -3.05. The molecule has 132 valence electrons. The topological polar surface area (TPSA) is 73.8 Å². The standard InChI is InChI=1S/C15H34N3O3P/c1-7-9-16-22(20,17-10-8-2)21-13-11-14(3,4)18(19)15(5,6)12-13/h13,19H,7-12H2,1-6H3,(H2,16,17,20). The monoisotopic (exact) mass is 335 g/mol. The highest BCUT2D eigenvalue weighted by Gasteiger charge is 2.47. The molecular weight excluding hydrogens is 301 g/mol. The third-order valence-electron chi connectivity index (χ3n) is 4.04. The highest BCUT2D eigenvalue weighted by atomic mass is 31.2. The van der Waals surface area contributed by atoms with Crippen molar-refractivity contribution in [3.05, 3.63) is 0 Å². The molecule has 1 aliphatic rings. The Labute approximate surface area is 135 Å². The molecule has 0 aromatic rings. The first-order valence-electron chi connectivity index (χ1n) is 8.34. The van der Waals surface area contributed by atoms with Gasteiger partial charge in [0, 0.05) is 24.2 Å². The summed E-state index contributed by atoms with van der Waals surface area (Å²) in [6.07, 6.45) is 2.91. The Bertz CT molecular complexity index is 371. The maximum Gasteiger partial charge on any atom is 0.341 e. The van der Waals surface area contributed by atoms with Crippen molar-refractivity contribution in [2.75, 3.05) is 13.1 Å². The molecule has 0 saturated carbocycles. The van der Waals surface area contributed by atoms with Crippen LogP contribution in [0.5, 0.6) is 0 Å². The van der Waals surface area contributed by atoms with Gasteiger partial charge in [-0.15, -0.1) is 0 Å². The van der Waals surface area contributed by atoms with Crippen LogP contribution >= 0.6 is 7.67 Å². The van der Waals surface area contributed by atoms with Gasteiger partial charge in [0.15, 0.2) is 0 Å². The fraction of sp³-hybridized carbons (Fsp3) is 1.00. The van der Waals surface area contributed by atoms with Crippen LogP contribution in [0.4, 0.5) is 0 Å². The Balaban J connectivity index is 2.82. The van der Waals surface area contributed by atoms with Crippen molar-refractivity contribution < 1.29 is 14.3 Å². The predicted octanol–water partition coefficient (Wildman–Crippen LogP) is 3.52. The van der Waals surface area contributed by atoms with E-state index in [4.69, 9.17) is 4.52 Å². The van der Waals surface area contributed by atoms with Crippen molar-refractivity contribution in [1.29, 1.82) is 0 Å². The summed E-state index contributed by atoms with van der Waals surface area (Å²) in [6.45, 7) is 13.3. The summed E-state index contributed by atoms with van der Waals surface area (Å²) in [7, 11) is -3.05. The van der Waals surface area contributed by atoms with Gasteiger partial charge in [-0.2, -0.15) is 5.06 Å². The molecule has 0 bridgehead atoms. The molecule has 0 atom stereocenters. The second kappa shape index (κ2) is 7.73. The lowest BCUT2D eigenvalue weighted by atomic mass is 9.80. The van der Waals surface area contributed by atoms with Crippen LogP contribution in [0.3, 0.4) is 0 Å². The van der Waals surface area contributed by atoms with E-state index in [9.17, 15) is 9.77 Å². The molecule has 1 aliphatic heterocycles. The highest BCUT2D eigenvalue weighted by Crippen LogP contribution is 2.46. The van der Waals surface area contributed by atoms with Gasteiger partial charge in [-0.05, 0) is 53.4 Å². The first-order valence-corrected chi connectivity index (χ1v) is 9.96. The van der Waals surface area contributed by atoms with Crippen LogP contribution in [0.2, 0.25) is 0 Å². The average molecular weight is 335 g/mol. The van der Waals surface area contributed by atoms with Crippen LogP contribution in [-0.4, -0.2) is 40.5 Å². The molecule has 1 rings (SSSR count). The molecule has 22 heavy (non-hydrogen) atoms. The van der Waals surface area contributed by atoms with Crippen LogP contribution < -0.4 is 10.2 Å². The molecule has 1 heterocycles. The molecule has 3 N–H and O–H groups in total. The summed E-state index contributed by atoms with van der Waals surface area (Å²) < 4.78 is 19.0. The number of piperidine rings is 1. The third-order valence-corrected chi connectivity index (χ3v) is 5.91. The second-order valence-electron chi connectivity index (χ2n) is 7.44. The van der Waals surface area contributed by atoms with E-state index < -0.39 is 18.7 Å². The summed E-state index contributed by atoms with van der Waals surface area (Å²) in [6, 6.07) is 0. The summed E-state index contributed by atoms with van der Waals surface area (Å²) in [5, 5.41) is 17.8. The smallest absolute Gasteiger partial charge is 0.313 e. The summed E-state index contributed by atoms with van der Waals surface area (Å²) in [4.78, 5) is 0. The van der Waals surface area contributed by atoms with E-state index in [2.05, 4.69) is 10.2 Å². The Morgan fingerprint density at radius 2 is 1.50 bits per heavy atom. The van der Waals surface area contributed by atoms with E-state index in [0.29, 0.717) is 25.9 Å². The predicted molar refractivity (Wildman–Crippen MR) is 90.1 cm³/mol. The Kier molecular flexibility index (Phi) is 7.06. The van der Waals surface area contributed by atoms with E-state index in [1.54, 1.807) is 0 Å². The van der Waals surface area contributed by atoms with Gasteiger partial charge < -0.3 is 9.73 Å². The van der Waals surface area contributed by atoms with Crippen LogP contribution in [-0.2, 0) is 9.09 Å². The van der Waals surface area contributed by atoms with E-state index in [0.717, 1.165) is 12.8 Å². The fourth-order valence-corrected chi connectivity index (χ4v) is 4.98. The normalized spacial score (nSPS) is 22.9. The van der Waals surface area contributed by atoms with Gasteiger partial charge in [0.25, 0.3) is 0 Å². The zero-order chi connectivity index (χ0) is 17.0. The van der Waals surface area contributed by atoms with Crippen molar-refractivity contribution >= 4 is 7.67 Å². The number of nitrogens with zero attached hydrogens (tertiary/aromatic N) is 1. The first-order chi connectivity index (χ1) is 10.1. The summed E-state index contributed by atoms with van der Waals surface area (Å²) >= 11 is 0. The van der Waals surface area contributed by atoms with Gasteiger partial charge in [0.1, 0.15) is 0 Å². The van der Waals surface area contributed by atoms with Gasteiger partial charge >= 0.3 is 7.67 Å². The van der Waals surface area contributed by atoms with Gasteiger partial charge in [-0.1, -0.05) is 13.8 Å². The minimum absolute atomic E-state index is 0.159. The highest BCUT2D eigenvalue weighted by molar-refractivity contribution is 7.54. The van der Waals surface area contributed by atoms with Crippen LogP contribution in [0, 0.1) is 0 Å².